The van der Waals surface area contributed by atoms with E-state index in [-0.39, 0.29) is 12.7 Å². The second-order valence-corrected chi connectivity index (χ2v) is 11.0. The minimum atomic E-state index is -2.93. The number of alkyl halides is 2. The Morgan fingerprint density at radius 1 is 1.53 bits per heavy atom. The Kier molecular flexibility index (Phi) is 8.11. The summed E-state index contributed by atoms with van der Waals surface area (Å²) < 4.78 is 27.6. The molecule has 1 aromatic rings. The quantitative estimate of drug-likeness (QED) is 0.252. The Labute approximate surface area is 186 Å². The highest BCUT2D eigenvalue weighted by molar-refractivity contribution is 9.10. The van der Waals surface area contributed by atoms with Crippen molar-refractivity contribution in [2.75, 3.05) is 6.61 Å². The van der Waals surface area contributed by atoms with Crippen molar-refractivity contribution in [2.24, 2.45) is 0 Å². The van der Waals surface area contributed by atoms with Gasteiger partial charge < -0.3 is 19.1 Å². The van der Waals surface area contributed by atoms with Gasteiger partial charge in [-0.2, -0.15) is 0 Å². The molecule has 0 aliphatic carbocycles. The third-order valence-electron chi connectivity index (χ3n) is 4.13. The van der Waals surface area contributed by atoms with E-state index >= 15 is 0 Å². The molecule has 3 N–H and O–H groups in total. The fraction of sp³-hybridized carbons (Fsp3) is 0.688. The fourth-order valence-electron chi connectivity index (χ4n) is 2.58. The van der Waals surface area contributed by atoms with Crippen LogP contribution in [0.5, 0.6) is 0 Å². The Bertz CT molecular complexity index is 918. The summed E-state index contributed by atoms with van der Waals surface area (Å²) in [7, 11) is -2.93. The van der Waals surface area contributed by atoms with Crippen molar-refractivity contribution in [2.45, 2.75) is 61.6 Å². The summed E-state index contributed by atoms with van der Waals surface area (Å²) in [6.45, 7) is 6.01. The molecule has 1 aliphatic rings. The van der Waals surface area contributed by atoms with Crippen LogP contribution in [0.25, 0.3) is 0 Å². The first-order valence-corrected chi connectivity index (χ1v) is 11.4. The Morgan fingerprint density at radius 3 is 2.73 bits per heavy atom. The first-order chi connectivity index (χ1) is 13.8. The predicted molar refractivity (Wildman–Crippen MR) is 112 cm³/mol. The molecule has 5 atom stereocenters. The van der Waals surface area contributed by atoms with Gasteiger partial charge in [0.1, 0.15) is 17.7 Å². The number of nitrogens with one attached hydrogen (secondary N) is 2. The summed E-state index contributed by atoms with van der Waals surface area (Å²) in [5.41, 5.74) is -2.66. The standard InChI is InChI=1S/C16H24BrClN3O8P/c1-8(2)28-13(24)15(3,4)20-30(26)27-7-9-11(23)16(17,18)12(29-9)21-6-5-10(22)19-14(21)25/h5-6,8-9,11-12,23,30H,7H2,1-4H3,(H,20,26)(H,19,22,25)/t9-,11-,12-,16+/m1/s1. The van der Waals surface area contributed by atoms with E-state index in [2.05, 4.69) is 26.0 Å². The monoisotopic (exact) mass is 531 g/mol. The molecule has 14 heteroatoms. The van der Waals surface area contributed by atoms with Crippen LogP contribution in [0.3, 0.4) is 0 Å². The summed E-state index contributed by atoms with van der Waals surface area (Å²) in [5.74, 6) is -0.602. The van der Waals surface area contributed by atoms with E-state index in [1.807, 2.05) is 0 Å². The van der Waals surface area contributed by atoms with Crippen molar-refractivity contribution < 1.29 is 28.5 Å². The Balaban J connectivity index is 2.04. The average molecular weight is 533 g/mol. The summed E-state index contributed by atoms with van der Waals surface area (Å²) in [6.07, 6.45) is -2.79. The molecule has 30 heavy (non-hydrogen) atoms. The summed E-state index contributed by atoms with van der Waals surface area (Å²) in [6, 6.07) is 1.10. The zero-order valence-corrected chi connectivity index (χ0v) is 20.0. The minimum absolute atomic E-state index is 0.340. The molecule has 0 radical (unpaired) electrons. The van der Waals surface area contributed by atoms with E-state index in [0.29, 0.717) is 0 Å². The number of carbonyl (C=O) groups excluding carboxylic acids is 1. The van der Waals surface area contributed by atoms with Crippen LogP contribution in [0, 0.1) is 0 Å². The van der Waals surface area contributed by atoms with Gasteiger partial charge in [0.2, 0.25) is 0 Å². The van der Waals surface area contributed by atoms with E-state index < -0.39 is 53.2 Å². The van der Waals surface area contributed by atoms with Gasteiger partial charge >= 0.3 is 11.7 Å². The number of ether oxygens (including phenoxy) is 2. The van der Waals surface area contributed by atoms with Crippen molar-refractivity contribution in [3.8, 4) is 0 Å². The number of hydrogen-bond donors (Lipinski definition) is 3. The van der Waals surface area contributed by atoms with Crippen LogP contribution >= 0.6 is 35.7 Å². The smallest absolute Gasteiger partial charge is 0.330 e. The molecule has 0 bridgehead atoms. The number of aliphatic hydroxyl groups excluding tert-OH is 1. The van der Waals surface area contributed by atoms with E-state index in [9.17, 15) is 24.1 Å². The first-order valence-electron chi connectivity index (χ1n) is 8.94. The third kappa shape index (κ3) is 5.82. The molecule has 2 heterocycles. The summed E-state index contributed by atoms with van der Waals surface area (Å²) >= 11 is 9.46. The predicted octanol–water partition coefficient (Wildman–Crippen LogP) is 0.851. The van der Waals surface area contributed by atoms with Crippen LogP contribution in [0.4, 0.5) is 0 Å². The van der Waals surface area contributed by atoms with Crippen molar-refractivity contribution in [1.29, 1.82) is 0 Å². The fourth-order valence-corrected chi connectivity index (χ4v) is 4.50. The zero-order chi connectivity index (χ0) is 22.9. The van der Waals surface area contributed by atoms with Crippen LogP contribution in [0.1, 0.15) is 33.9 Å². The van der Waals surface area contributed by atoms with Gasteiger partial charge in [0, 0.05) is 12.3 Å². The number of hydrogen-bond acceptors (Lipinski definition) is 8. The Hall–Kier alpha value is -1.01. The largest absolute Gasteiger partial charge is 0.462 e. The van der Waals surface area contributed by atoms with Crippen LogP contribution in [-0.2, 0) is 23.4 Å². The van der Waals surface area contributed by atoms with E-state index in [0.717, 1.165) is 10.6 Å². The number of aromatic nitrogens is 2. The maximum Gasteiger partial charge on any atom is 0.330 e. The highest BCUT2D eigenvalue weighted by Crippen LogP contribution is 2.47. The van der Waals surface area contributed by atoms with Crippen molar-refractivity contribution in [3.63, 3.8) is 0 Å². The van der Waals surface area contributed by atoms with Crippen LogP contribution < -0.4 is 16.3 Å². The molecule has 1 aliphatic heterocycles. The van der Waals surface area contributed by atoms with E-state index in [1.165, 1.54) is 20.0 Å². The lowest BCUT2D eigenvalue weighted by Gasteiger charge is -2.25. The number of carbonyl (C=O) groups is 1. The lowest BCUT2D eigenvalue weighted by atomic mass is 10.1. The van der Waals surface area contributed by atoms with Gasteiger partial charge in [0.25, 0.3) is 13.7 Å². The Morgan fingerprint density at radius 2 is 2.17 bits per heavy atom. The van der Waals surface area contributed by atoms with Gasteiger partial charge in [-0.25, -0.2) is 9.88 Å². The van der Waals surface area contributed by atoms with Crippen molar-refractivity contribution >= 4 is 41.7 Å². The molecule has 0 saturated carbocycles. The van der Waals surface area contributed by atoms with Crippen LogP contribution in [0.2, 0.25) is 0 Å². The molecule has 1 saturated heterocycles. The zero-order valence-electron chi connectivity index (χ0n) is 16.7. The van der Waals surface area contributed by atoms with Gasteiger partial charge in [-0.3, -0.25) is 23.7 Å². The number of rotatable bonds is 8. The molecular weight excluding hydrogens is 509 g/mol. The minimum Gasteiger partial charge on any atom is -0.462 e. The summed E-state index contributed by atoms with van der Waals surface area (Å²) in [5, 5.41) is 13.0. The highest BCUT2D eigenvalue weighted by atomic mass is 79.9. The van der Waals surface area contributed by atoms with Gasteiger partial charge in [-0.1, -0.05) is 27.5 Å². The maximum absolute atomic E-state index is 12.3. The summed E-state index contributed by atoms with van der Waals surface area (Å²) in [4.78, 5) is 37.4. The first kappa shape index (κ1) is 25.3. The topological polar surface area (TPSA) is 149 Å². The number of H-pyrrole nitrogens is 1. The molecule has 0 amide bonds. The SMILES string of the molecule is CC(C)OC(=O)C(C)(C)N[PH](=O)OC[C@H]1O[C@@H](n2ccc(=O)[nH]c2=O)[C@](Cl)(Br)[C@@H]1O. The second-order valence-electron chi connectivity index (χ2n) is 7.47. The number of esters is 1. The molecule has 0 aromatic carbocycles. The van der Waals surface area contributed by atoms with Crippen molar-refractivity contribution in [3.05, 3.63) is 33.1 Å². The molecule has 2 rings (SSSR count). The van der Waals surface area contributed by atoms with Gasteiger partial charge in [-0.05, 0) is 27.7 Å². The molecule has 1 unspecified atom stereocenters. The third-order valence-corrected chi connectivity index (χ3v) is 6.66. The lowest BCUT2D eigenvalue weighted by molar-refractivity contribution is -0.153. The van der Waals surface area contributed by atoms with E-state index in [1.54, 1.807) is 13.8 Å². The van der Waals surface area contributed by atoms with Gasteiger partial charge in [0.15, 0.2) is 10.0 Å². The number of halogens is 2. The number of aromatic amines is 1. The maximum atomic E-state index is 12.3. The van der Waals surface area contributed by atoms with Gasteiger partial charge in [-0.15, -0.1) is 0 Å². The highest BCUT2D eigenvalue weighted by Gasteiger charge is 2.55. The van der Waals surface area contributed by atoms with Crippen LogP contribution in [-0.4, -0.2) is 54.9 Å². The van der Waals surface area contributed by atoms with Crippen molar-refractivity contribution in [1.82, 2.24) is 14.6 Å². The molecule has 11 nitrogen and oxygen atoms in total. The van der Waals surface area contributed by atoms with Gasteiger partial charge in [0.05, 0.1) is 12.7 Å². The molecule has 1 aromatic heterocycles. The molecule has 170 valence electrons. The number of nitrogens with zero attached hydrogens (tertiary/aromatic N) is 1. The van der Waals surface area contributed by atoms with Crippen LogP contribution in [0.15, 0.2) is 21.9 Å². The molecule has 1 fully saturated rings. The second kappa shape index (κ2) is 9.64. The lowest BCUT2D eigenvalue weighted by Crippen LogP contribution is -2.45. The van der Waals surface area contributed by atoms with E-state index in [4.69, 9.17) is 25.6 Å². The molecule has 0 spiro atoms. The average Bonchev–Trinajstić information content (AvgIpc) is 2.82. The number of aliphatic hydroxyl groups is 1. The normalized spacial score (nSPS) is 27.9. The molecular formula is C16H24BrClN3O8P.